The fourth-order valence-electron chi connectivity index (χ4n) is 2.00. The third-order valence-electron chi connectivity index (χ3n) is 2.96. The van der Waals surface area contributed by atoms with E-state index in [0.29, 0.717) is 11.1 Å². The molecule has 0 heterocycles. The fourth-order valence-corrected chi connectivity index (χ4v) is 2.00. The predicted molar refractivity (Wildman–Crippen MR) is 96.5 cm³/mol. The molecule has 0 aromatic heterocycles. The molecular formula is C18H25N3O5. The first-order valence-electron chi connectivity index (χ1n) is 7.93. The molecule has 0 saturated heterocycles. The molecule has 0 aliphatic rings. The highest BCUT2D eigenvalue weighted by Crippen LogP contribution is 2.14. The Kier molecular flexibility index (Phi) is 7.18. The number of carbonyl (C=O) groups excluding carboxylic acids is 2. The maximum atomic E-state index is 12.4. The van der Waals surface area contributed by atoms with E-state index in [1.165, 1.54) is 11.8 Å². The zero-order valence-corrected chi connectivity index (χ0v) is 15.5. The summed E-state index contributed by atoms with van der Waals surface area (Å²) >= 11 is 0. The van der Waals surface area contributed by atoms with Gasteiger partial charge in [-0.05, 0) is 39.3 Å². The van der Waals surface area contributed by atoms with E-state index in [2.05, 4.69) is 11.7 Å². The van der Waals surface area contributed by atoms with E-state index >= 15 is 0 Å². The van der Waals surface area contributed by atoms with Crippen molar-refractivity contribution in [2.75, 3.05) is 6.54 Å². The minimum Gasteiger partial charge on any atom is -0.444 e. The van der Waals surface area contributed by atoms with Gasteiger partial charge >= 0.3 is 12.1 Å². The van der Waals surface area contributed by atoms with Gasteiger partial charge in [-0.15, -0.1) is 0 Å². The van der Waals surface area contributed by atoms with Gasteiger partial charge in [-0.2, -0.15) is 0 Å². The van der Waals surface area contributed by atoms with Crippen LogP contribution in [-0.2, 0) is 20.8 Å². The van der Waals surface area contributed by atoms with Crippen LogP contribution >= 0.6 is 0 Å². The van der Waals surface area contributed by atoms with Crippen molar-refractivity contribution in [1.29, 1.82) is 0 Å². The van der Waals surface area contributed by atoms with Crippen LogP contribution in [-0.4, -0.2) is 40.2 Å². The van der Waals surface area contributed by atoms with Crippen molar-refractivity contribution in [2.24, 2.45) is 10.9 Å². The lowest BCUT2D eigenvalue weighted by Gasteiger charge is -2.27. The summed E-state index contributed by atoms with van der Waals surface area (Å²) in [6, 6.07) is 6.75. The summed E-state index contributed by atoms with van der Waals surface area (Å²) in [5.74, 6) is -0.457. The molecule has 0 saturated carbocycles. The quantitative estimate of drug-likeness (QED) is 0.200. The van der Waals surface area contributed by atoms with Gasteiger partial charge in [0.1, 0.15) is 12.1 Å². The van der Waals surface area contributed by atoms with E-state index in [0.717, 1.165) is 0 Å². The summed E-state index contributed by atoms with van der Waals surface area (Å²) in [7, 11) is 0. The van der Waals surface area contributed by atoms with Crippen molar-refractivity contribution < 1.29 is 24.3 Å². The smallest absolute Gasteiger partial charge is 0.411 e. The molecule has 0 radical (unpaired) electrons. The van der Waals surface area contributed by atoms with Gasteiger partial charge in [0.05, 0.1) is 5.76 Å². The molecule has 0 aliphatic carbocycles. The molecular weight excluding hydrogens is 338 g/mol. The van der Waals surface area contributed by atoms with Crippen LogP contribution in [0, 0.1) is 0 Å². The molecule has 3 N–H and O–H groups in total. The number of hydrogen-bond donors (Lipinski definition) is 2. The summed E-state index contributed by atoms with van der Waals surface area (Å²) in [6.07, 6.45) is -0.662. The Bertz CT molecular complexity index is 707. The molecule has 1 aromatic carbocycles. The number of ether oxygens (including phenoxy) is 2. The molecule has 1 rings (SSSR count). The van der Waals surface area contributed by atoms with Crippen LogP contribution in [0.2, 0.25) is 0 Å². The van der Waals surface area contributed by atoms with Crippen LogP contribution < -0.4 is 5.73 Å². The number of nitrogens with zero attached hydrogens (tertiary/aromatic N) is 2. The average Bonchev–Trinajstić information content (AvgIpc) is 2.51. The molecule has 0 fully saturated rings. The first-order chi connectivity index (χ1) is 12.0. The van der Waals surface area contributed by atoms with Crippen molar-refractivity contribution in [1.82, 2.24) is 4.90 Å². The lowest BCUT2D eigenvalue weighted by Crippen LogP contribution is -2.39. The Hall–Kier alpha value is -3.03. The van der Waals surface area contributed by atoms with Crippen LogP contribution in [0.25, 0.3) is 0 Å². The molecule has 1 amide bonds. The number of amidine groups is 1. The third-order valence-corrected chi connectivity index (χ3v) is 2.96. The number of oxime groups is 1. The van der Waals surface area contributed by atoms with E-state index in [9.17, 15) is 9.59 Å². The standard InChI is InChI=1S/C18H25N3O5/c1-12(2)25-15(22)11-21(17(23)26-18(3,4)5)10-13-7-6-8-14(9-13)16(19)20-24/h6-9,24H,1,10-11H2,2-5H3,(H2,19,20). The number of rotatable bonds is 6. The van der Waals surface area contributed by atoms with Crippen molar-refractivity contribution in [3.8, 4) is 0 Å². The maximum absolute atomic E-state index is 12.4. The zero-order valence-electron chi connectivity index (χ0n) is 15.5. The van der Waals surface area contributed by atoms with E-state index in [4.69, 9.17) is 20.4 Å². The molecule has 0 aliphatic heterocycles. The molecule has 26 heavy (non-hydrogen) atoms. The third kappa shape index (κ3) is 7.25. The number of amides is 1. The van der Waals surface area contributed by atoms with Gasteiger partial charge in [0.2, 0.25) is 0 Å². The predicted octanol–water partition coefficient (Wildman–Crippen LogP) is 2.60. The summed E-state index contributed by atoms with van der Waals surface area (Å²) in [6.45, 7) is 10.00. The van der Waals surface area contributed by atoms with Crippen molar-refractivity contribution >= 4 is 17.9 Å². The van der Waals surface area contributed by atoms with Gasteiger partial charge in [-0.25, -0.2) is 9.59 Å². The van der Waals surface area contributed by atoms with Crippen LogP contribution in [0.4, 0.5) is 4.79 Å². The van der Waals surface area contributed by atoms with Crippen LogP contribution in [0.1, 0.15) is 38.8 Å². The number of esters is 1. The number of hydrogen-bond acceptors (Lipinski definition) is 6. The zero-order chi connectivity index (χ0) is 19.9. The van der Waals surface area contributed by atoms with E-state index < -0.39 is 17.7 Å². The second-order valence-electron chi connectivity index (χ2n) is 6.70. The largest absolute Gasteiger partial charge is 0.444 e. The SMILES string of the molecule is C=C(C)OC(=O)CN(Cc1cccc(/C(N)=N/O)c1)C(=O)OC(C)(C)C. The van der Waals surface area contributed by atoms with E-state index in [1.807, 2.05) is 0 Å². The van der Waals surface area contributed by atoms with Crippen molar-refractivity contribution in [2.45, 2.75) is 39.8 Å². The van der Waals surface area contributed by atoms with E-state index in [1.54, 1.807) is 45.0 Å². The molecule has 0 spiro atoms. The first kappa shape index (κ1) is 21.0. The van der Waals surface area contributed by atoms with Gasteiger partial charge in [0, 0.05) is 12.1 Å². The molecule has 0 unspecified atom stereocenters. The number of allylic oxidation sites excluding steroid dienone is 1. The Morgan fingerprint density at radius 1 is 1.35 bits per heavy atom. The highest BCUT2D eigenvalue weighted by atomic mass is 16.6. The molecule has 142 valence electrons. The normalized spacial score (nSPS) is 11.6. The summed E-state index contributed by atoms with van der Waals surface area (Å²) in [5.41, 5.74) is 6.02. The van der Waals surface area contributed by atoms with Gasteiger partial charge in [0.15, 0.2) is 5.84 Å². The van der Waals surface area contributed by atoms with Crippen LogP contribution in [0.15, 0.2) is 41.8 Å². The van der Waals surface area contributed by atoms with Crippen LogP contribution in [0.3, 0.4) is 0 Å². The maximum Gasteiger partial charge on any atom is 0.411 e. The minimum absolute atomic E-state index is 0.0580. The van der Waals surface area contributed by atoms with Gasteiger partial charge in [-0.3, -0.25) is 4.90 Å². The Labute approximate surface area is 152 Å². The van der Waals surface area contributed by atoms with Gasteiger partial charge < -0.3 is 20.4 Å². The lowest BCUT2D eigenvalue weighted by atomic mass is 10.1. The minimum atomic E-state index is -0.719. The monoisotopic (exact) mass is 363 g/mol. The van der Waals surface area contributed by atoms with Crippen molar-refractivity contribution in [3.05, 3.63) is 47.7 Å². The van der Waals surface area contributed by atoms with Crippen molar-refractivity contribution in [3.63, 3.8) is 0 Å². The Balaban J connectivity index is 3.02. The number of carbonyl (C=O) groups is 2. The highest BCUT2D eigenvalue weighted by molar-refractivity contribution is 5.97. The molecule has 8 nitrogen and oxygen atoms in total. The first-order valence-corrected chi connectivity index (χ1v) is 7.93. The molecule has 1 aromatic rings. The van der Waals surface area contributed by atoms with Crippen LogP contribution in [0.5, 0.6) is 0 Å². The highest BCUT2D eigenvalue weighted by Gasteiger charge is 2.25. The Morgan fingerprint density at radius 2 is 2.00 bits per heavy atom. The molecule has 0 atom stereocenters. The lowest BCUT2D eigenvalue weighted by molar-refractivity contribution is -0.140. The van der Waals surface area contributed by atoms with Gasteiger partial charge in [0.25, 0.3) is 0 Å². The Morgan fingerprint density at radius 3 is 2.54 bits per heavy atom. The summed E-state index contributed by atoms with van der Waals surface area (Å²) < 4.78 is 10.3. The summed E-state index contributed by atoms with van der Waals surface area (Å²) in [4.78, 5) is 25.6. The number of benzene rings is 1. The molecule has 0 bridgehead atoms. The fraction of sp³-hybridized carbons (Fsp3) is 0.389. The van der Waals surface area contributed by atoms with Gasteiger partial charge in [-0.1, -0.05) is 29.9 Å². The summed E-state index contributed by atoms with van der Waals surface area (Å²) in [5, 5.41) is 11.7. The second kappa shape index (κ2) is 8.89. The topological polar surface area (TPSA) is 114 Å². The number of nitrogens with two attached hydrogens (primary N) is 1. The second-order valence-corrected chi connectivity index (χ2v) is 6.70. The average molecular weight is 363 g/mol. The molecule has 8 heteroatoms. The van der Waals surface area contributed by atoms with E-state index in [-0.39, 0.29) is 24.7 Å².